The van der Waals surface area contributed by atoms with Gasteiger partial charge in [-0.2, -0.15) is 0 Å². The highest BCUT2D eigenvalue weighted by molar-refractivity contribution is 5.95. The summed E-state index contributed by atoms with van der Waals surface area (Å²) in [6.45, 7) is 2.10. The van der Waals surface area contributed by atoms with Crippen LogP contribution in [0.25, 0.3) is 11.1 Å². The standard InChI is InChI=1S/C27H25FN2O5/c1-16(25(31)30-17-10-11-24(28)22(14-17)26(32)33)12-13-29-27(34)35-15-23-20-8-4-2-6-18(20)19-7-3-5-9-21(19)23/h2-11,14,16,23H,12-13,15H2,1H3,(H,29,34)(H,30,31)(H,32,33). The lowest BCUT2D eigenvalue weighted by atomic mass is 9.98. The molecule has 0 spiro atoms. The first-order valence-corrected chi connectivity index (χ1v) is 11.3. The molecule has 0 bridgehead atoms. The highest BCUT2D eigenvalue weighted by Gasteiger charge is 2.29. The zero-order valence-corrected chi connectivity index (χ0v) is 19.1. The molecule has 8 heteroatoms. The zero-order chi connectivity index (χ0) is 24.9. The van der Waals surface area contributed by atoms with Crippen LogP contribution in [0.4, 0.5) is 14.9 Å². The van der Waals surface area contributed by atoms with E-state index in [2.05, 4.69) is 22.8 Å². The molecule has 7 nitrogen and oxygen atoms in total. The Hall–Kier alpha value is -4.20. The first kappa shape index (κ1) is 23.9. The third-order valence-corrected chi connectivity index (χ3v) is 6.10. The molecule has 1 aliphatic carbocycles. The monoisotopic (exact) mass is 476 g/mol. The van der Waals surface area contributed by atoms with Crippen LogP contribution in [0.2, 0.25) is 0 Å². The Kier molecular flexibility index (Phi) is 7.10. The summed E-state index contributed by atoms with van der Waals surface area (Å²) in [5, 5.41) is 14.2. The van der Waals surface area contributed by atoms with Gasteiger partial charge in [0.25, 0.3) is 0 Å². The summed E-state index contributed by atoms with van der Waals surface area (Å²) in [5.74, 6) is -3.19. The van der Waals surface area contributed by atoms with Crippen molar-refractivity contribution in [3.8, 4) is 11.1 Å². The van der Waals surface area contributed by atoms with Crippen LogP contribution in [0, 0.1) is 11.7 Å². The van der Waals surface area contributed by atoms with E-state index in [0.29, 0.717) is 6.42 Å². The molecule has 35 heavy (non-hydrogen) atoms. The number of hydrogen-bond donors (Lipinski definition) is 3. The fraction of sp³-hybridized carbons (Fsp3) is 0.222. The largest absolute Gasteiger partial charge is 0.478 e. The van der Waals surface area contributed by atoms with Crippen molar-refractivity contribution in [2.45, 2.75) is 19.3 Å². The van der Waals surface area contributed by atoms with Crippen LogP contribution in [0.3, 0.4) is 0 Å². The number of anilines is 1. The van der Waals surface area contributed by atoms with Crippen molar-refractivity contribution >= 4 is 23.7 Å². The van der Waals surface area contributed by atoms with Gasteiger partial charge in [-0.3, -0.25) is 4.79 Å². The third-order valence-electron chi connectivity index (χ3n) is 6.10. The number of aromatic carboxylic acids is 1. The Balaban J connectivity index is 1.25. The maximum absolute atomic E-state index is 13.5. The number of halogens is 1. The minimum Gasteiger partial charge on any atom is -0.478 e. The molecule has 1 atom stereocenters. The minimum atomic E-state index is -1.42. The molecule has 0 saturated heterocycles. The summed E-state index contributed by atoms with van der Waals surface area (Å²) in [6, 6.07) is 19.5. The maximum Gasteiger partial charge on any atom is 0.407 e. The fourth-order valence-corrected chi connectivity index (χ4v) is 4.20. The van der Waals surface area contributed by atoms with Gasteiger partial charge in [0.05, 0.1) is 5.56 Å². The number of fused-ring (bicyclic) bond motifs is 3. The number of carboxylic acids is 1. The molecule has 0 aliphatic heterocycles. The van der Waals surface area contributed by atoms with Gasteiger partial charge in [-0.05, 0) is 46.9 Å². The molecule has 1 unspecified atom stereocenters. The lowest BCUT2D eigenvalue weighted by molar-refractivity contribution is -0.119. The topological polar surface area (TPSA) is 105 Å². The summed E-state index contributed by atoms with van der Waals surface area (Å²) in [5.41, 5.74) is 4.21. The lowest BCUT2D eigenvalue weighted by Gasteiger charge is -2.16. The highest BCUT2D eigenvalue weighted by atomic mass is 19.1. The van der Waals surface area contributed by atoms with Crippen LogP contribution in [0.15, 0.2) is 66.7 Å². The molecule has 0 saturated carbocycles. The lowest BCUT2D eigenvalue weighted by Crippen LogP contribution is -2.30. The molecule has 1 aliphatic rings. The molecule has 0 fully saturated rings. The smallest absolute Gasteiger partial charge is 0.407 e. The zero-order valence-electron chi connectivity index (χ0n) is 19.1. The molecule has 4 rings (SSSR count). The summed E-state index contributed by atoms with van der Waals surface area (Å²) >= 11 is 0. The molecule has 3 aromatic rings. The minimum absolute atomic E-state index is 0.0377. The number of amides is 2. The molecule has 180 valence electrons. The van der Waals surface area contributed by atoms with E-state index in [9.17, 15) is 18.8 Å². The summed E-state index contributed by atoms with van der Waals surface area (Å²) in [4.78, 5) is 35.7. The van der Waals surface area contributed by atoms with E-state index in [4.69, 9.17) is 9.84 Å². The number of carbonyl (C=O) groups excluding carboxylic acids is 2. The Morgan fingerprint density at radius 1 is 1.00 bits per heavy atom. The Bertz CT molecular complexity index is 1230. The van der Waals surface area contributed by atoms with Crippen LogP contribution in [-0.2, 0) is 9.53 Å². The third kappa shape index (κ3) is 5.32. The van der Waals surface area contributed by atoms with Gasteiger partial charge in [0.2, 0.25) is 5.91 Å². The Morgan fingerprint density at radius 2 is 1.63 bits per heavy atom. The van der Waals surface area contributed by atoms with Gasteiger partial charge < -0.3 is 20.5 Å². The summed E-state index contributed by atoms with van der Waals surface area (Å²) in [6.07, 6.45) is -0.229. The predicted octanol–water partition coefficient (Wildman–Crippen LogP) is 5.03. The molecule has 0 aromatic heterocycles. The number of carbonyl (C=O) groups is 3. The molecular weight excluding hydrogens is 451 g/mol. The Labute approximate surface area is 201 Å². The van der Waals surface area contributed by atoms with Crippen LogP contribution in [0.1, 0.15) is 40.7 Å². The molecule has 2 amide bonds. The second-order valence-electron chi connectivity index (χ2n) is 8.43. The second kappa shape index (κ2) is 10.4. The van der Waals surface area contributed by atoms with E-state index in [-0.39, 0.29) is 30.7 Å². The van der Waals surface area contributed by atoms with Crippen molar-refractivity contribution in [1.29, 1.82) is 0 Å². The van der Waals surface area contributed by atoms with Crippen LogP contribution in [-0.4, -0.2) is 36.2 Å². The average molecular weight is 477 g/mol. The van der Waals surface area contributed by atoms with Crippen LogP contribution in [0.5, 0.6) is 0 Å². The van der Waals surface area contributed by atoms with Crippen molar-refractivity contribution in [2.24, 2.45) is 5.92 Å². The predicted molar refractivity (Wildman–Crippen MR) is 129 cm³/mol. The van der Waals surface area contributed by atoms with Crippen LogP contribution >= 0.6 is 0 Å². The Morgan fingerprint density at radius 3 is 2.26 bits per heavy atom. The summed E-state index contributed by atoms with van der Waals surface area (Å²) in [7, 11) is 0. The number of hydrogen-bond acceptors (Lipinski definition) is 4. The number of rotatable bonds is 8. The van der Waals surface area contributed by atoms with E-state index in [1.165, 1.54) is 6.07 Å². The van der Waals surface area contributed by atoms with E-state index in [1.54, 1.807) is 6.92 Å². The number of benzene rings is 3. The normalized spacial score (nSPS) is 12.9. The maximum atomic E-state index is 13.5. The van der Waals surface area contributed by atoms with Crippen molar-refractivity contribution in [3.05, 3.63) is 89.2 Å². The van der Waals surface area contributed by atoms with Gasteiger partial charge >= 0.3 is 12.1 Å². The van der Waals surface area contributed by atoms with Crippen LogP contribution < -0.4 is 10.6 Å². The highest BCUT2D eigenvalue weighted by Crippen LogP contribution is 2.44. The van der Waals surface area contributed by atoms with E-state index in [0.717, 1.165) is 34.4 Å². The fourth-order valence-electron chi connectivity index (χ4n) is 4.20. The van der Waals surface area contributed by atoms with E-state index in [1.807, 2.05) is 36.4 Å². The molecule has 3 N–H and O–H groups in total. The number of ether oxygens (including phenoxy) is 1. The van der Waals surface area contributed by atoms with Gasteiger partial charge in [-0.25, -0.2) is 14.0 Å². The summed E-state index contributed by atoms with van der Waals surface area (Å²) < 4.78 is 19.0. The first-order valence-electron chi connectivity index (χ1n) is 11.3. The second-order valence-corrected chi connectivity index (χ2v) is 8.43. The van der Waals surface area contributed by atoms with Crippen molar-refractivity contribution in [2.75, 3.05) is 18.5 Å². The van der Waals surface area contributed by atoms with Gasteiger partial charge in [-0.15, -0.1) is 0 Å². The van der Waals surface area contributed by atoms with E-state index < -0.39 is 29.4 Å². The van der Waals surface area contributed by atoms with Crippen molar-refractivity contribution in [1.82, 2.24) is 5.32 Å². The number of alkyl carbamates (subject to hydrolysis) is 1. The van der Waals surface area contributed by atoms with Gasteiger partial charge in [-0.1, -0.05) is 55.5 Å². The molecule has 3 aromatic carbocycles. The van der Waals surface area contributed by atoms with Crippen molar-refractivity contribution in [3.63, 3.8) is 0 Å². The van der Waals surface area contributed by atoms with Gasteiger partial charge in [0, 0.05) is 24.1 Å². The first-order chi connectivity index (χ1) is 16.8. The number of carboxylic acid groups (broad SMARTS) is 1. The van der Waals surface area contributed by atoms with E-state index >= 15 is 0 Å². The van der Waals surface area contributed by atoms with Gasteiger partial charge in [0.15, 0.2) is 0 Å². The number of nitrogens with one attached hydrogen (secondary N) is 2. The average Bonchev–Trinajstić information content (AvgIpc) is 3.17. The molecule has 0 radical (unpaired) electrons. The van der Waals surface area contributed by atoms with Crippen molar-refractivity contribution < 1.29 is 28.6 Å². The van der Waals surface area contributed by atoms with Gasteiger partial charge in [0.1, 0.15) is 12.4 Å². The SMILES string of the molecule is CC(CCNC(=O)OCC1c2ccccc2-c2ccccc21)C(=O)Nc1ccc(F)c(C(=O)O)c1. The quantitative estimate of drug-likeness (QED) is 0.423. The molecule has 0 heterocycles. The molecular formula is C27H25FN2O5.